The highest BCUT2D eigenvalue weighted by Gasteiger charge is 2.27. The molecular formula is C18H18Cl2O4S. The summed E-state index contributed by atoms with van der Waals surface area (Å²) in [6.07, 6.45) is 0.452. The average molecular weight is 401 g/mol. The molecular weight excluding hydrogens is 383 g/mol. The Bertz CT molecular complexity index is 950. The first-order valence-corrected chi connectivity index (χ1v) is 9.63. The first-order valence-electron chi connectivity index (χ1n) is 7.47. The lowest BCUT2D eigenvalue weighted by molar-refractivity contribution is 0.112. The molecule has 0 spiro atoms. The summed E-state index contributed by atoms with van der Waals surface area (Å²) in [6.45, 7) is 9.14. The summed E-state index contributed by atoms with van der Waals surface area (Å²) >= 11 is 11.9. The SMILES string of the molecule is Cc1c(C)c(C)c(S(=O)(=O)Oc2c(Cl)cc(Cl)cc2C=O)c(C)c1C. The maximum Gasteiger partial charge on any atom is 0.339 e. The Hall–Kier alpha value is -1.56. The summed E-state index contributed by atoms with van der Waals surface area (Å²) in [5.74, 6) is -0.226. The van der Waals surface area contributed by atoms with Gasteiger partial charge in [0.05, 0.1) is 10.6 Å². The highest BCUT2D eigenvalue weighted by Crippen LogP contribution is 2.36. The molecule has 0 amide bonds. The molecule has 0 heterocycles. The van der Waals surface area contributed by atoms with Gasteiger partial charge >= 0.3 is 10.1 Å². The van der Waals surface area contributed by atoms with Gasteiger partial charge in [0.15, 0.2) is 12.0 Å². The zero-order valence-electron chi connectivity index (χ0n) is 14.5. The molecule has 4 nitrogen and oxygen atoms in total. The van der Waals surface area contributed by atoms with E-state index in [1.807, 2.05) is 20.8 Å². The molecule has 2 aromatic carbocycles. The summed E-state index contributed by atoms with van der Waals surface area (Å²) in [6, 6.07) is 2.63. The largest absolute Gasteiger partial charge is 0.377 e. The van der Waals surface area contributed by atoms with Crippen LogP contribution in [-0.2, 0) is 10.1 Å². The van der Waals surface area contributed by atoms with Crippen LogP contribution >= 0.6 is 23.2 Å². The summed E-state index contributed by atoms with van der Waals surface area (Å²) in [7, 11) is -4.19. The molecule has 2 rings (SSSR count). The number of hydrogen-bond acceptors (Lipinski definition) is 4. The van der Waals surface area contributed by atoms with E-state index in [0.717, 1.165) is 16.7 Å². The third-order valence-electron chi connectivity index (χ3n) is 4.54. The van der Waals surface area contributed by atoms with Crippen LogP contribution in [0.1, 0.15) is 38.2 Å². The van der Waals surface area contributed by atoms with E-state index < -0.39 is 10.1 Å². The van der Waals surface area contributed by atoms with Crippen molar-refractivity contribution in [3.8, 4) is 5.75 Å². The van der Waals surface area contributed by atoms with Crippen molar-refractivity contribution in [2.75, 3.05) is 0 Å². The molecule has 0 aliphatic rings. The highest BCUT2D eigenvalue weighted by molar-refractivity contribution is 7.87. The lowest BCUT2D eigenvalue weighted by atomic mass is 9.95. The van der Waals surface area contributed by atoms with Gasteiger partial charge in [-0.1, -0.05) is 23.2 Å². The molecule has 0 aliphatic carbocycles. The smallest absolute Gasteiger partial charge is 0.339 e. The van der Waals surface area contributed by atoms with Crippen molar-refractivity contribution in [3.05, 3.63) is 55.6 Å². The second-order valence-corrected chi connectivity index (χ2v) is 8.24. The fourth-order valence-corrected chi connectivity index (χ4v) is 4.89. The Labute approximate surface area is 157 Å². The molecule has 0 bridgehead atoms. The maximum atomic E-state index is 12.9. The van der Waals surface area contributed by atoms with Gasteiger partial charge in [-0.25, -0.2) is 0 Å². The predicted molar refractivity (Wildman–Crippen MR) is 99.8 cm³/mol. The van der Waals surface area contributed by atoms with E-state index in [0.29, 0.717) is 17.4 Å². The monoisotopic (exact) mass is 400 g/mol. The quantitative estimate of drug-likeness (QED) is 0.527. The van der Waals surface area contributed by atoms with Crippen molar-refractivity contribution in [1.82, 2.24) is 0 Å². The van der Waals surface area contributed by atoms with E-state index >= 15 is 0 Å². The average Bonchev–Trinajstić information content (AvgIpc) is 2.53. The van der Waals surface area contributed by atoms with Crippen LogP contribution in [0.4, 0.5) is 0 Å². The van der Waals surface area contributed by atoms with Crippen LogP contribution < -0.4 is 4.18 Å². The number of carbonyl (C=O) groups excluding carboxylic acids is 1. The second-order valence-electron chi connectivity index (χ2n) is 5.92. The van der Waals surface area contributed by atoms with Crippen molar-refractivity contribution >= 4 is 39.6 Å². The maximum absolute atomic E-state index is 12.9. The molecule has 0 fully saturated rings. The van der Waals surface area contributed by atoms with Gasteiger partial charge in [0, 0.05) is 5.02 Å². The number of benzene rings is 2. The highest BCUT2D eigenvalue weighted by atomic mass is 35.5. The van der Waals surface area contributed by atoms with Gasteiger partial charge in [0.1, 0.15) is 4.90 Å². The number of aldehydes is 1. The molecule has 134 valence electrons. The molecule has 0 aliphatic heterocycles. The molecule has 0 saturated heterocycles. The Kier molecular flexibility index (Phi) is 5.52. The van der Waals surface area contributed by atoms with Crippen LogP contribution in [0, 0.1) is 34.6 Å². The topological polar surface area (TPSA) is 60.4 Å². The minimum Gasteiger partial charge on any atom is -0.377 e. The van der Waals surface area contributed by atoms with Crippen molar-refractivity contribution in [2.45, 2.75) is 39.5 Å². The first-order chi connectivity index (χ1) is 11.5. The minimum absolute atomic E-state index is 0.0306. The third kappa shape index (κ3) is 3.54. The summed E-state index contributed by atoms with van der Waals surface area (Å²) in [5.41, 5.74) is 3.98. The van der Waals surface area contributed by atoms with Gasteiger partial charge in [-0.05, 0) is 74.6 Å². The molecule has 0 atom stereocenters. The van der Waals surface area contributed by atoms with Crippen molar-refractivity contribution in [3.63, 3.8) is 0 Å². The third-order valence-corrected chi connectivity index (χ3v) is 6.54. The van der Waals surface area contributed by atoms with Gasteiger partial charge in [-0.15, -0.1) is 0 Å². The van der Waals surface area contributed by atoms with Crippen LogP contribution in [0.2, 0.25) is 10.0 Å². The predicted octanol–water partition coefficient (Wildman–Crippen LogP) is 5.12. The van der Waals surface area contributed by atoms with Crippen molar-refractivity contribution in [1.29, 1.82) is 0 Å². The van der Waals surface area contributed by atoms with Gasteiger partial charge in [0.2, 0.25) is 0 Å². The van der Waals surface area contributed by atoms with E-state index in [1.54, 1.807) is 13.8 Å². The van der Waals surface area contributed by atoms with Crippen LogP contribution in [-0.4, -0.2) is 14.7 Å². The van der Waals surface area contributed by atoms with Gasteiger partial charge in [-0.2, -0.15) is 8.42 Å². The zero-order valence-corrected chi connectivity index (χ0v) is 16.9. The second kappa shape index (κ2) is 6.98. The Balaban J connectivity index is 2.70. The number of hydrogen-bond donors (Lipinski definition) is 0. The van der Waals surface area contributed by atoms with Crippen LogP contribution in [0.3, 0.4) is 0 Å². The molecule has 2 aromatic rings. The Morgan fingerprint density at radius 3 is 1.84 bits per heavy atom. The summed E-state index contributed by atoms with van der Waals surface area (Å²) < 4.78 is 31.1. The Morgan fingerprint density at radius 1 is 0.880 bits per heavy atom. The molecule has 7 heteroatoms. The molecule has 0 unspecified atom stereocenters. The number of rotatable bonds is 4. The fraction of sp³-hybridized carbons (Fsp3) is 0.278. The standard InChI is InChI=1S/C18H18Cl2O4S/c1-9-10(2)12(4)18(13(5)11(9)3)25(22,23)24-17-14(8-21)6-15(19)7-16(17)20/h6-8H,1-5H3. The minimum atomic E-state index is -4.19. The number of carbonyl (C=O) groups is 1. The van der Waals surface area contributed by atoms with Gasteiger partial charge in [0.25, 0.3) is 0 Å². The fourth-order valence-electron chi connectivity index (χ4n) is 2.75. The first kappa shape index (κ1) is 19.8. The van der Waals surface area contributed by atoms with Crippen LogP contribution in [0.5, 0.6) is 5.75 Å². The van der Waals surface area contributed by atoms with Crippen LogP contribution in [0.25, 0.3) is 0 Å². The van der Waals surface area contributed by atoms with Crippen molar-refractivity contribution < 1.29 is 17.4 Å². The molecule has 0 N–H and O–H groups in total. The molecule has 0 saturated carbocycles. The lowest BCUT2D eigenvalue weighted by Gasteiger charge is -2.19. The normalized spacial score (nSPS) is 11.5. The molecule has 0 radical (unpaired) electrons. The Morgan fingerprint density at radius 2 is 1.36 bits per heavy atom. The number of halogens is 2. The van der Waals surface area contributed by atoms with E-state index in [2.05, 4.69) is 0 Å². The summed E-state index contributed by atoms with van der Waals surface area (Å²) in [4.78, 5) is 11.3. The van der Waals surface area contributed by atoms with Crippen molar-refractivity contribution in [2.24, 2.45) is 0 Å². The molecule has 25 heavy (non-hydrogen) atoms. The summed E-state index contributed by atoms with van der Waals surface area (Å²) in [5, 5.41) is 0.167. The van der Waals surface area contributed by atoms with E-state index in [-0.39, 0.29) is 26.3 Å². The lowest BCUT2D eigenvalue weighted by Crippen LogP contribution is -2.16. The van der Waals surface area contributed by atoms with E-state index in [4.69, 9.17) is 27.4 Å². The van der Waals surface area contributed by atoms with E-state index in [1.165, 1.54) is 12.1 Å². The van der Waals surface area contributed by atoms with E-state index in [9.17, 15) is 13.2 Å². The van der Waals surface area contributed by atoms with Crippen LogP contribution in [0.15, 0.2) is 17.0 Å². The molecule has 0 aromatic heterocycles. The zero-order chi connectivity index (χ0) is 19.1. The van der Waals surface area contributed by atoms with Gasteiger partial charge in [-0.3, -0.25) is 4.79 Å². The van der Waals surface area contributed by atoms with Gasteiger partial charge < -0.3 is 4.18 Å².